The monoisotopic (exact) mass is 489 g/mol. The first-order chi connectivity index (χ1) is 16.7. The Labute approximate surface area is 200 Å². The van der Waals surface area contributed by atoms with Crippen LogP contribution in [-0.4, -0.2) is 51.0 Å². The van der Waals surface area contributed by atoms with Gasteiger partial charge in [0.05, 0.1) is 25.3 Å². The Morgan fingerprint density at radius 3 is 2.54 bits per heavy atom. The van der Waals surface area contributed by atoms with Gasteiger partial charge in [-0.15, -0.1) is 0 Å². The summed E-state index contributed by atoms with van der Waals surface area (Å²) in [6.07, 6.45) is 1.76. The molecule has 0 saturated carbocycles. The maximum atomic E-state index is 14.7. The lowest BCUT2D eigenvalue weighted by Gasteiger charge is -2.41. The van der Waals surface area contributed by atoms with E-state index in [0.29, 0.717) is 25.9 Å². The maximum Gasteiger partial charge on any atom is 0.310 e. The number of piperidine rings is 1. The van der Waals surface area contributed by atoms with Crippen molar-refractivity contribution in [1.82, 2.24) is 19.7 Å². The van der Waals surface area contributed by atoms with Gasteiger partial charge in [0.25, 0.3) is 0 Å². The Kier molecular flexibility index (Phi) is 6.68. The van der Waals surface area contributed by atoms with Gasteiger partial charge in [0.1, 0.15) is 5.69 Å². The first kappa shape index (κ1) is 24.5. The molecule has 3 aromatic rings. The topological polar surface area (TPSA) is 93.4 Å². The van der Waals surface area contributed by atoms with Crippen LogP contribution in [0.25, 0.3) is 11.5 Å². The molecule has 0 unspecified atom stereocenters. The number of hydrogen-bond acceptors (Lipinski definition) is 6. The summed E-state index contributed by atoms with van der Waals surface area (Å²) in [7, 11) is 1.41. The Balaban J connectivity index is 1.61. The van der Waals surface area contributed by atoms with Gasteiger partial charge in [0, 0.05) is 24.7 Å². The van der Waals surface area contributed by atoms with Crippen molar-refractivity contribution in [2.45, 2.75) is 33.2 Å². The average molecular weight is 489 g/mol. The molecule has 0 aliphatic carbocycles. The van der Waals surface area contributed by atoms with E-state index in [1.165, 1.54) is 30.0 Å². The Morgan fingerprint density at radius 2 is 1.91 bits per heavy atom. The molecule has 2 aromatic heterocycles. The highest BCUT2D eigenvalue weighted by Crippen LogP contribution is 2.40. The van der Waals surface area contributed by atoms with Gasteiger partial charge < -0.3 is 14.7 Å². The number of carbonyl (C=O) groups is 1. The highest BCUT2D eigenvalue weighted by molar-refractivity contribution is 5.75. The standard InChI is InChI=1S/C24H26F3N5O3/c1-14(2)24(23(33)34)7-9-31(10-8-24)22-17(26)12-28-21(29-22)18-11-19(35-3)32(30-18)13-15-5-4-6-16(25)20(15)27/h4-6,11-12,14H,7-10,13H2,1-3H3,(H,33,34). The van der Waals surface area contributed by atoms with Gasteiger partial charge in [-0.25, -0.2) is 27.8 Å². The molecule has 0 atom stereocenters. The van der Waals surface area contributed by atoms with E-state index in [1.54, 1.807) is 4.90 Å². The van der Waals surface area contributed by atoms with Crippen LogP contribution in [0, 0.1) is 28.8 Å². The normalized spacial score (nSPS) is 15.5. The van der Waals surface area contributed by atoms with Crippen molar-refractivity contribution in [3.05, 3.63) is 53.5 Å². The molecule has 11 heteroatoms. The molecule has 0 spiro atoms. The lowest BCUT2D eigenvalue weighted by Crippen LogP contribution is -2.47. The minimum Gasteiger partial charge on any atom is -0.481 e. The predicted octanol–water partition coefficient (Wildman–Crippen LogP) is 4.14. The molecular formula is C24H26F3N5O3. The molecule has 1 aromatic carbocycles. The summed E-state index contributed by atoms with van der Waals surface area (Å²) in [6.45, 7) is 4.32. The molecule has 35 heavy (non-hydrogen) atoms. The molecule has 1 aliphatic rings. The number of carboxylic acid groups (broad SMARTS) is 1. The van der Waals surface area contributed by atoms with E-state index < -0.39 is 28.8 Å². The summed E-state index contributed by atoms with van der Waals surface area (Å²) in [5.74, 6) is -3.04. The van der Waals surface area contributed by atoms with Crippen molar-refractivity contribution in [2.75, 3.05) is 25.1 Å². The molecular weight excluding hydrogens is 463 g/mol. The molecule has 1 fully saturated rings. The number of rotatable bonds is 7. The van der Waals surface area contributed by atoms with Crippen molar-refractivity contribution in [1.29, 1.82) is 0 Å². The molecule has 4 rings (SSSR count). The zero-order valence-electron chi connectivity index (χ0n) is 19.6. The van der Waals surface area contributed by atoms with Crippen molar-refractivity contribution in [3.63, 3.8) is 0 Å². The quantitative estimate of drug-likeness (QED) is 0.533. The van der Waals surface area contributed by atoms with Gasteiger partial charge in [-0.05, 0) is 24.8 Å². The largest absolute Gasteiger partial charge is 0.481 e. The second-order valence-electron chi connectivity index (χ2n) is 8.91. The first-order valence-electron chi connectivity index (χ1n) is 11.2. The smallest absolute Gasteiger partial charge is 0.310 e. The number of benzene rings is 1. The van der Waals surface area contributed by atoms with Crippen molar-refractivity contribution < 1.29 is 27.8 Å². The minimum absolute atomic E-state index is 0.0578. The number of anilines is 1. The molecule has 1 aliphatic heterocycles. The predicted molar refractivity (Wildman–Crippen MR) is 122 cm³/mol. The van der Waals surface area contributed by atoms with Crippen molar-refractivity contribution in [2.24, 2.45) is 11.3 Å². The number of aliphatic carboxylic acids is 1. The fraction of sp³-hybridized carbons (Fsp3) is 0.417. The van der Waals surface area contributed by atoms with E-state index in [2.05, 4.69) is 15.1 Å². The third-order valence-electron chi connectivity index (χ3n) is 6.74. The lowest BCUT2D eigenvalue weighted by molar-refractivity contribution is -0.153. The Hall–Kier alpha value is -3.63. The second-order valence-corrected chi connectivity index (χ2v) is 8.91. The van der Waals surface area contributed by atoms with Crippen LogP contribution in [0.1, 0.15) is 32.3 Å². The minimum atomic E-state index is -0.976. The molecule has 1 N–H and O–H groups in total. The second kappa shape index (κ2) is 9.55. The fourth-order valence-electron chi connectivity index (χ4n) is 4.48. The molecule has 1 saturated heterocycles. The van der Waals surface area contributed by atoms with Gasteiger partial charge in [0.15, 0.2) is 29.1 Å². The Bertz CT molecular complexity index is 1240. The van der Waals surface area contributed by atoms with Crippen molar-refractivity contribution in [3.8, 4) is 17.4 Å². The van der Waals surface area contributed by atoms with Gasteiger partial charge in [-0.1, -0.05) is 26.0 Å². The summed E-state index contributed by atoms with van der Waals surface area (Å²) in [5, 5.41) is 14.1. The van der Waals surface area contributed by atoms with E-state index in [1.807, 2.05) is 13.8 Å². The maximum absolute atomic E-state index is 14.7. The summed E-state index contributed by atoms with van der Waals surface area (Å²) in [6, 6.07) is 5.40. The number of nitrogens with zero attached hydrogens (tertiary/aromatic N) is 5. The molecule has 3 heterocycles. The lowest BCUT2D eigenvalue weighted by atomic mass is 9.70. The highest BCUT2D eigenvalue weighted by atomic mass is 19.2. The number of carboxylic acids is 1. The van der Waals surface area contributed by atoms with Gasteiger partial charge >= 0.3 is 5.97 Å². The van der Waals surface area contributed by atoms with Crippen LogP contribution in [0.2, 0.25) is 0 Å². The third kappa shape index (κ3) is 4.54. The van der Waals surface area contributed by atoms with E-state index in [-0.39, 0.29) is 41.2 Å². The number of halogens is 3. The highest BCUT2D eigenvalue weighted by Gasteiger charge is 2.44. The summed E-state index contributed by atoms with van der Waals surface area (Å²) in [4.78, 5) is 22.0. The summed E-state index contributed by atoms with van der Waals surface area (Å²) < 4.78 is 49.1. The summed E-state index contributed by atoms with van der Waals surface area (Å²) >= 11 is 0. The van der Waals surface area contributed by atoms with E-state index in [0.717, 1.165) is 12.3 Å². The first-order valence-corrected chi connectivity index (χ1v) is 11.2. The van der Waals surface area contributed by atoms with Gasteiger partial charge in [-0.2, -0.15) is 5.10 Å². The van der Waals surface area contributed by atoms with Gasteiger partial charge in [-0.3, -0.25) is 4.79 Å². The van der Waals surface area contributed by atoms with Crippen LogP contribution in [0.15, 0.2) is 30.5 Å². The summed E-state index contributed by atoms with van der Waals surface area (Å²) in [5.41, 5.74) is -0.515. The van der Waals surface area contributed by atoms with E-state index in [4.69, 9.17) is 4.74 Å². The third-order valence-corrected chi connectivity index (χ3v) is 6.74. The molecule has 186 valence electrons. The Morgan fingerprint density at radius 1 is 1.20 bits per heavy atom. The zero-order chi connectivity index (χ0) is 25.3. The average Bonchev–Trinajstić information content (AvgIpc) is 3.25. The number of methoxy groups -OCH3 is 1. The van der Waals surface area contributed by atoms with Crippen LogP contribution in [0.5, 0.6) is 5.88 Å². The van der Waals surface area contributed by atoms with Crippen molar-refractivity contribution >= 4 is 11.8 Å². The SMILES string of the molecule is COc1cc(-c2ncc(F)c(N3CCC(C(=O)O)(C(C)C)CC3)n2)nn1Cc1cccc(F)c1F. The zero-order valence-corrected chi connectivity index (χ0v) is 19.6. The van der Waals surface area contributed by atoms with E-state index >= 15 is 0 Å². The van der Waals surface area contributed by atoms with Crippen LogP contribution in [-0.2, 0) is 11.3 Å². The van der Waals surface area contributed by atoms with E-state index in [9.17, 15) is 23.1 Å². The van der Waals surface area contributed by atoms with Crippen LogP contribution >= 0.6 is 0 Å². The fourth-order valence-corrected chi connectivity index (χ4v) is 4.48. The molecule has 0 bridgehead atoms. The number of hydrogen-bond donors (Lipinski definition) is 1. The van der Waals surface area contributed by atoms with Crippen LogP contribution in [0.3, 0.4) is 0 Å². The van der Waals surface area contributed by atoms with Gasteiger partial charge in [0.2, 0.25) is 5.88 Å². The number of aromatic nitrogens is 4. The molecule has 0 amide bonds. The molecule has 0 radical (unpaired) electrons. The molecule has 8 nitrogen and oxygen atoms in total. The van der Waals surface area contributed by atoms with Crippen LogP contribution < -0.4 is 9.64 Å². The van der Waals surface area contributed by atoms with Crippen LogP contribution in [0.4, 0.5) is 19.0 Å². The number of ether oxygens (including phenoxy) is 1.